The summed E-state index contributed by atoms with van der Waals surface area (Å²) in [6.07, 6.45) is 3.08. The molecule has 2 heterocycles. The smallest absolute Gasteiger partial charge is 0.320 e. The maximum atomic E-state index is 12.7. The number of ether oxygens (including phenoxy) is 2. The van der Waals surface area contributed by atoms with Crippen molar-refractivity contribution in [2.24, 2.45) is 0 Å². The van der Waals surface area contributed by atoms with E-state index in [0.717, 1.165) is 11.1 Å². The maximum absolute atomic E-state index is 12.7. The second-order valence-electron chi connectivity index (χ2n) is 7.31. The van der Waals surface area contributed by atoms with Gasteiger partial charge in [-0.05, 0) is 49.2 Å². The van der Waals surface area contributed by atoms with Gasteiger partial charge in [-0.1, -0.05) is 17.3 Å². The van der Waals surface area contributed by atoms with E-state index >= 15 is 0 Å². The Hall–Kier alpha value is -4.14. The summed E-state index contributed by atoms with van der Waals surface area (Å²) >= 11 is 0. The molecule has 2 aromatic heterocycles. The van der Waals surface area contributed by atoms with Crippen molar-refractivity contribution >= 4 is 0 Å². The topological polar surface area (TPSA) is 101 Å². The molecule has 32 heavy (non-hydrogen) atoms. The fourth-order valence-corrected chi connectivity index (χ4v) is 3.56. The molecule has 0 bridgehead atoms. The molecule has 0 aliphatic carbocycles. The molecule has 164 valence electrons. The van der Waals surface area contributed by atoms with Gasteiger partial charge >= 0.3 is 11.1 Å². The van der Waals surface area contributed by atoms with E-state index in [0.29, 0.717) is 22.7 Å². The quantitative estimate of drug-likeness (QED) is 0.430. The van der Waals surface area contributed by atoms with Crippen LogP contribution in [0.15, 0.2) is 62.9 Å². The minimum absolute atomic E-state index is 0.0406. The molecule has 4 aromatic rings. The van der Waals surface area contributed by atoms with E-state index < -0.39 is 11.1 Å². The Morgan fingerprint density at radius 3 is 2.41 bits per heavy atom. The van der Waals surface area contributed by atoms with Crippen molar-refractivity contribution in [3.8, 4) is 28.6 Å². The van der Waals surface area contributed by atoms with Crippen molar-refractivity contribution in [3.05, 3.63) is 86.5 Å². The number of hydrogen-bond donors (Lipinski definition) is 0. The Labute approximate surface area is 183 Å². The SMILES string of the molecule is COc1cccc(-c2noc(Cn3ccn(-c4cc(C)cc(C)c4)c(=O)c3=O)n2)c1OC. The maximum Gasteiger partial charge on any atom is 0.320 e. The molecule has 0 radical (unpaired) electrons. The van der Waals surface area contributed by atoms with Crippen LogP contribution in [-0.2, 0) is 6.54 Å². The molecular formula is C23H22N4O5. The van der Waals surface area contributed by atoms with Crippen LogP contribution in [-0.4, -0.2) is 33.5 Å². The average Bonchev–Trinajstić information content (AvgIpc) is 3.24. The van der Waals surface area contributed by atoms with Crippen LogP contribution in [0.5, 0.6) is 11.5 Å². The molecule has 0 fully saturated rings. The van der Waals surface area contributed by atoms with Crippen LogP contribution in [0.4, 0.5) is 0 Å². The molecule has 0 unspecified atom stereocenters. The summed E-state index contributed by atoms with van der Waals surface area (Å²) in [5.41, 5.74) is 1.88. The van der Waals surface area contributed by atoms with Gasteiger partial charge in [0.25, 0.3) is 0 Å². The Kier molecular flexibility index (Phi) is 5.63. The first-order valence-corrected chi connectivity index (χ1v) is 9.86. The van der Waals surface area contributed by atoms with E-state index in [1.165, 1.54) is 29.6 Å². The summed E-state index contributed by atoms with van der Waals surface area (Å²) < 4.78 is 18.6. The third-order valence-electron chi connectivity index (χ3n) is 4.96. The average molecular weight is 434 g/mol. The lowest BCUT2D eigenvalue weighted by Gasteiger charge is -2.10. The van der Waals surface area contributed by atoms with Crippen molar-refractivity contribution in [3.63, 3.8) is 0 Å². The van der Waals surface area contributed by atoms with Gasteiger partial charge in [-0.2, -0.15) is 4.98 Å². The Morgan fingerprint density at radius 2 is 1.72 bits per heavy atom. The lowest BCUT2D eigenvalue weighted by Crippen LogP contribution is -2.40. The zero-order valence-electron chi connectivity index (χ0n) is 18.2. The van der Waals surface area contributed by atoms with Crippen LogP contribution in [0.1, 0.15) is 17.0 Å². The van der Waals surface area contributed by atoms with E-state index in [1.807, 2.05) is 32.0 Å². The van der Waals surface area contributed by atoms with E-state index in [-0.39, 0.29) is 18.3 Å². The highest BCUT2D eigenvalue weighted by Gasteiger charge is 2.18. The molecule has 0 N–H and O–H groups in total. The summed E-state index contributed by atoms with van der Waals surface area (Å²) in [6.45, 7) is 3.83. The molecule has 2 aromatic carbocycles. The fourth-order valence-electron chi connectivity index (χ4n) is 3.56. The number of aryl methyl sites for hydroxylation is 2. The van der Waals surface area contributed by atoms with Crippen LogP contribution in [0, 0.1) is 13.8 Å². The first-order valence-electron chi connectivity index (χ1n) is 9.86. The second-order valence-corrected chi connectivity index (χ2v) is 7.31. The summed E-state index contributed by atoms with van der Waals surface area (Å²) in [5, 5.41) is 3.98. The van der Waals surface area contributed by atoms with Crippen molar-refractivity contribution in [1.82, 2.24) is 19.3 Å². The third kappa shape index (κ3) is 3.92. The molecular weight excluding hydrogens is 412 g/mol. The molecule has 9 nitrogen and oxygen atoms in total. The van der Waals surface area contributed by atoms with Crippen molar-refractivity contribution < 1.29 is 14.0 Å². The van der Waals surface area contributed by atoms with Gasteiger partial charge in [-0.25, -0.2) is 0 Å². The molecule has 4 rings (SSSR count). The second kappa shape index (κ2) is 8.54. The molecule has 0 aliphatic heterocycles. The molecule has 0 spiro atoms. The predicted molar refractivity (Wildman–Crippen MR) is 118 cm³/mol. The standard InChI is InChI=1S/C23H22N4O5/c1-14-10-15(2)12-16(11-14)27-9-8-26(22(28)23(27)29)13-19-24-21(25-32-19)17-6-5-7-18(30-3)20(17)31-4/h5-12H,13H2,1-4H3. The van der Waals surface area contributed by atoms with Crippen molar-refractivity contribution in [2.45, 2.75) is 20.4 Å². The number of rotatable bonds is 6. The van der Waals surface area contributed by atoms with E-state index in [2.05, 4.69) is 10.1 Å². The van der Waals surface area contributed by atoms with Crippen LogP contribution in [0.25, 0.3) is 17.1 Å². The largest absolute Gasteiger partial charge is 0.493 e. The van der Waals surface area contributed by atoms with Crippen LogP contribution >= 0.6 is 0 Å². The monoisotopic (exact) mass is 434 g/mol. The van der Waals surface area contributed by atoms with Crippen LogP contribution in [0.3, 0.4) is 0 Å². The molecule has 9 heteroatoms. The van der Waals surface area contributed by atoms with Gasteiger partial charge in [0.05, 0.1) is 19.8 Å². The highest BCUT2D eigenvalue weighted by atomic mass is 16.5. The normalized spacial score (nSPS) is 10.9. The van der Waals surface area contributed by atoms with Gasteiger partial charge in [-0.3, -0.25) is 18.7 Å². The molecule has 0 saturated heterocycles. The molecule has 0 atom stereocenters. The highest BCUT2D eigenvalue weighted by Crippen LogP contribution is 2.36. The minimum Gasteiger partial charge on any atom is -0.493 e. The number of aromatic nitrogens is 4. The summed E-state index contributed by atoms with van der Waals surface area (Å²) in [7, 11) is 3.06. The number of benzene rings is 2. The van der Waals surface area contributed by atoms with Gasteiger partial charge in [-0.15, -0.1) is 0 Å². The summed E-state index contributed by atoms with van der Waals surface area (Å²) in [5.74, 6) is 1.46. The van der Waals surface area contributed by atoms with Gasteiger partial charge < -0.3 is 14.0 Å². The number of methoxy groups -OCH3 is 2. The van der Waals surface area contributed by atoms with Crippen molar-refractivity contribution in [1.29, 1.82) is 0 Å². The molecule has 0 aliphatic rings. The van der Waals surface area contributed by atoms with E-state index in [4.69, 9.17) is 14.0 Å². The van der Waals surface area contributed by atoms with Crippen LogP contribution in [0.2, 0.25) is 0 Å². The summed E-state index contributed by atoms with van der Waals surface area (Å²) in [6, 6.07) is 11.0. The van der Waals surface area contributed by atoms with Gasteiger partial charge in [0, 0.05) is 18.1 Å². The van der Waals surface area contributed by atoms with E-state index in [1.54, 1.807) is 24.4 Å². The van der Waals surface area contributed by atoms with Crippen molar-refractivity contribution in [2.75, 3.05) is 14.2 Å². The Morgan fingerprint density at radius 1 is 0.969 bits per heavy atom. The predicted octanol–water partition coefficient (Wildman–Crippen LogP) is 2.73. The fraction of sp³-hybridized carbons (Fsp3) is 0.217. The van der Waals surface area contributed by atoms with Gasteiger partial charge in [0.1, 0.15) is 6.54 Å². The molecule has 0 amide bonds. The molecule has 0 saturated carbocycles. The number of nitrogens with zero attached hydrogens (tertiary/aromatic N) is 4. The zero-order valence-corrected chi connectivity index (χ0v) is 18.2. The van der Waals surface area contributed by atoms with E-state index in [9.17, 15) is 9.59 Å². The van der Waals surface area contributed by atoms with Crippen LogP contribution < -0.4 is 20.6 Å². The highest BCUT2D eigenvalue weighted by molar-refractivity contribution is 5.68. The van der Waals surface area contributed by atoms with Gasteiger partial charge in [0.15, 0.2) is 11.5 Å². The number of hydrogen-bond acceptors (Lipinski definition) is 7. The first kappa shape index (κ1) is 21.1. The zero-order chi connectivity index (χ0) is 22.8. The summed E-state index contributed by atoms with van der Waals surface area (Å²) in [4.78, 5) is 29.8. The first-order chi connectivity index (χ1) is 15.4. The Balaban J connectivity index is 1.66. The Bertz CT molecular complexity index is 1380. The van der Waals surface area contributed by atoms with Gasteiger partial charge in [0.2, 0.25) is 11.7 Å². The number of para-hydroxylation sites is 1. The minimum atomic E-state index is -0.689. The third-order valence-corrected chi connectivity index (χ3v) is 4.96. The lowest BCUT2D eigenvalue weighted by molar-refractivity contribution is 0.354. The lowest BCUT2D eigenvalue weighted by atomic mass is 10.1.